The maximum Gasteiger partial charge on any atom is 0.258 e. The lowest BCUT2D eigenvalue weighted by atomic mass is 10.2. The van der Waals surface area contributed by atoms with E-state index in [9.17, 15) is 4.79 Å². The number of aromatic nitrogens is 1. The van der Waals surface area contributed by atoms with Gasteiger partial charge in [0.2, 0.25) is 5.89 Å². The third kappa shape index (κ3) is 5.17. The lowest BCUT2D eigenvalue weighted by Gasteiger charge is -2.20. The summed E-state index contributed by atoms with van der Waals surface area (Å²) in [6.45, 7) is 6.16. The van der Waals surface area contributed by atoms with Crippen molar-refractivity contribution in [2.75, 3.05) is 23.3 Å². The van der Waals surface area contributed by atoms with Gasteiger partial charge in [-0.2, -0.15) is 0 Å². The van der Waals surface area contributed by atoms with E-state index in [1.54, 1.807) is 36.4 Å². The Kier molecular flexibility index (Phi) is 7.36. The first-order valence-electron chi connectivity index (χ1n) is 10.7. The molecule has 0 unspecified atom stereocenters. The standard InChI is InChI=1S/C25H22Cl2N4O2S/c1-3-31(4-2)17-11-8-15(9-12-17)24-29-20-14-16(10-13-21(20)33-24)28-25(34)30-23(32)18-6-5-7-19(26)22(18)27/h5-14H,3-4H2,1-2H3,(H2,28,30,32,34). The number of rotatable bonds is 6. The van der Waals surface area contributed by atoms with Crippen molar-refractivity contribution < 1.29 is 9.21 Å². The summed E-state index contributed by atoms with van der Waals surface area (Å²) in [7, 11) is 0. The molecule has 0 saturated heterocycles. The van der Waals surface area contributed by atoms with Crippen LogP contribution in [0, 0.1) is 0 Å². The van der Waals surface area contributed by atoms with Gasteiger partial charge in [-0.05, 0) is 80.7 Å². The lowest BCUT2D eigenvalue weighted by Crippen LogP contribution is -2.34. The van der Waals surface area contributed by atoms with Gasteiger partial charge in [-0.25, -0.2) is 4.98 Å². The number of nitrogens with zero attached hydrogens (tertiary/aromatic N) is 2. The second kappa shape index (κ2) is 10.4. The Labute approximate surface area is 212 Å². The van der Waals surface area contributed by atoms with Crippen molar-refractivity contribution >= 4 is 68.9 Å². The predicted molar refractivity (Wildman–Crippen MR) is 143 cm³/mol. The van der Waals surface area contributed by atoms with Gasteiger partial charge in [0.05, 0.1) is 15.6 Å². The lowest BCUT2D eigenvalue weighted by molar-refractivity contribution is 0.0978. The number of halogens is 2. The van der Waals surface area contributed by atoms with Crippen LogP contribution in [-0.4, -0.2) is 29.1 Å². The van der Waals surface area contributed by atoms with E-state index in [0.29, 0.717) is 27.7 Å². The van der Waals surface area contributed by atoms with Crippen molar-refractivity contribution in [2.45, 2.75) is 13.8 Å². The summed E-state index contributed by atoms with van der Waals surface area (Å²) in [6, 6.07) is 18.4. The molecule has 4 rings (SSSR count). The zero-order valence-electron chi connectivity index (χ0n) is 18.6. The van der Waals surface area contributed by atoms with Gasteiger partial charge < -0.3 is 14.6 Å². The molecule has 1 amide bonds. The fourth-order valence-corrected chi connectivity index (χ4v) is 4.14. The highest BCUT2D eigenvalue weighted by molar-refractivity contribution is 7.80. The quantitative estimate of drug-likeness (QED) is 0.277. The number of amides is 1. The molecule has 3 aromatic carbocycles. The van der Waals surface area contributed by atoms with Gasteiger partial charge in [0.15, 0.2) is 10.7 Å². The maximum atomic E-state index is 12.5. The zero-order valence-corrected chi connectivity index (χ0v) is 20.9. The third-order valence-electron chi connectivity index (χ3n) is 5.31. The highest BCUT2D eigenvalue weighted by atomic mass is 35.5. The molecule has 1 heterocycles. The van der Waals surface area contributed by atoms with Crippen LogP contribution >= 0.6 is 35.4 Å². The van der Waals surface area contributed by atoms with Gasteiger partial charge in [0, 0.05) is 30.0 Å². The van der Waals surface area contributed by atoms with E-state index in [4.69, 9.17) is 39.8 Å². The SMILES string of the molecule is CCN(CC)c1ccc(-c2nc3cc(NC(=S)NC(=O)c4cccc(Cl)c4Cl)ccc3o2)cc1. The average Bonchev–Trinajstić information content (AvgIpc) is 3.25. The topological polar surface area (TPSA) is 70.4 Å². The van der Waals surface area contributed by atoms with Gasteiger partial charge in [-0.3, -0.25) is 10.1 Å². The first kappa shape index (κ1) is 24.0. The van der Waals surface area contributed by atoms with Crippen LogP contribution < -0.4 is 15.5 Å². The van der Waals surface area contributed by atoms with Gasteiger partial charge in [-0.15, -0.1) is 0 Å². The fraction of sp³-hybridized carbons (Fsp3) is 0.160. The Morgan fingerprint density at radius 2 is 1.79 bits per heavy atom. The second-order valence-electron chi connectivity index (χ2n) is 7.43. The minimum Gasteiger partial charge on any atom is -0.436 e. The monoisotopic (exact) mass is 512 g/mol. The number of hydrogen-bond donors (Lipinski definition) is 2. The fourth-order valence-electron chi connectivity index (χ4n) is 3.54. The van der Waals surface area contributed by atoms with E-state index in [0.717, 1.165) is 24.3 Å². The predicted octanol–water partition coefficient (Wildman–Crippen LogP) is 6.77. The number of thiocarbonyl (C=S) groups is 1. The van der Waals surface area contributed by atoms with Crippen molar-refractivity contribution in [3.63, 3.8) is 0 Å². The van der Waals surface area contributed by atoms with E-state index in [-0.39, 0.29) is 15.7 Å². The highest BCUT2D eigenvalue weighted by Crippen LogP contribution is 2.28. The Morgan fingerprint density at radius 1 is 1.06 bits per heavy atom. The zero-order chi connectivity index (χ0) is 24.2. The summed E-state index contributed by atoms with van der Waals surface area (Å²) in [5, 5.41) is 6.18. The molecule has 0 spiro atoms. The van der Waals surface area contributed by atoms with E-state index < -0.39 is 5.91 Å². The Balaban J connectivity index is 1.47. The number of nitrogens with one attached hydrogen (secondary N) is 2. The number of carbonyl (C=O) groups excluding carboxylic acids is 1. The Morgan fingerprint density at radius 3 is 2.50 bits per heavy atom. The molecule has 0 aliphatic rings. The summed E-state index contributed by atoms with van der Waals surface area (Å²) in [4.78, 5) is 19.4. The van der Waals surface area contributed by atoms with E-state index in [1.165, 1.54) is 0 Å². The molecule has 34 heavy (non-hydrogen) atoms. The summed E-state index contributed by atoms with van der Waals surface area (Å²) in [5.41, 5.74) is 4.26. The van der Waals surface area contributed by atoms with Crippen molar-refractivity contribution in [1.29, 1.82) is 0 Å². The summed E-state index contributed by atoms with van der Waals surface area (Å²) < 4.78 is 5.93. The number of benzene rings is 3. The van der Waals surface area contributed by atoms with E-state index >= 15 is 0 Å². The van der Waals surface area contributed by atoms with Crippen molar-refractivity contribution in [1.82, 2.24) is 10.3 Å². The van der Waals surface area contributed by atoms with Gasteiger partial charge in [0.25, 0.3) is 5.91 Å². The van der Waals surface area contributed by atoms with Crippen LogP contribution in [0.3, 0.4) is 0 Å². The van der Waals surface area contributed by atoms with E-state index in [2.05, 4.69) is 46.5 Å². The number of fused-ring (bicyclic) bond motifs is 1. The minimum atomic E-state index is -0.456. The largest absolute Gasteiger partial charge is 0.436 e. The third-order valence-corrected chi connectivity index (χ3v) is 6.33. The van der Waals surface area contributed by atoms with Crippen LogP contribution in [0.25, 0.3) is 22.6 Å². The van der Waals surface area contributed by atoms with Crippen LogP contribution in [-0.2, 0) is 0 Å². The van der Waals surface area contributed by atoms with Crippen molar-refractivity contribution in [3.05, 3.63) is 76.3 Å². The number of anilines is 2. The maximum absolute atomic E-state index is 12.5. The van der Waals surface area contributed by atoms with Crippen LogP contribution in [0.2, 0.25) is 10.0 Å². The number of oxazole rings is 1. The number of carbonyl (C=O) groups is 1. The first-order chi connectivity index (χ1) is 16.4. The summed E-state index contributed by atoms with van der Waals surface area (Å²) in [5.74, 6) is 0.0766. The molecule has 0 atom stereocenters. The molecule has 1 aromatic heterocycles. The normalized spacial score (nSPS) is 10.8. The molecule has 0 aliphatic heterocycles. The minimum absolute atomic E-state index is 0.121. The van der Waals surface area contributed by atoms with Crippen molar-refractivity contribution in [3.8, 4) is 11.5 Å². The van der Waals surface area contributed by atoms with Crippen molar-refractivity contribution in [2.24, 2.45) is 0 Å². The summed E-state index contributed by atoms with van der Waals surface area (Å²) >= 11 is 17.4. The molecule has 0 aliphatic carbocycles. The van der Waals surface area contributed by atoms with Gasteiger partial charge >= 0.3 is 0 Å². The van der Waals surface area contributed by atoms with Crippen LogP contribution in [0.1, 0.15) is 24.2 Å². The smallest absolute Gasteiger partial charge is 0.258 e. The summed E-state index contributed by atoms with van der Waals surface area (Å²) in [6.07, 6.45) is 0. The second-order valence-corrected chi connectivity index (χ2v) is 8.62. The van der Waals surface area contributed by atoms with Crippen LogP contribution in [0.15, 0.2) is 65.1 Å². The van der Waals surface area contributed by atoms with Crippen LogP contribution in [0.4, 0.5) is 11.4 Å². The Hall–Kier alpha value is -3.13. The van der Waals surface area contributed by atoms with Gasteiger partial charge in [-0.1, -0.05) is 29.3 Å². The molecule has 174 valence electrons. The molecule has 0 saturated carbocycles. The molecular formula is C25H22Cl2N4O2S. The molecule has 0 bridgehead atoms. The van der Waals surface area contributed by atoms with Gasteiger partial charge in [0.1, 0.15) is 5.52 Å². The van der Waals surface area contributed by atoms with E-state index in [1.807, 2.05) is 12.1 Å². The molecule has 2 N–H and O–H groups in total. The molecule has 4 aromatic rings. The average molecular weight is 513 g/mol. The molecule has 0 radical (unpaired) electrons. The molecular weight excluding hydrogens is 491 g/mol. The first-order valence-corrected chi connectivity index (χ1v) is 11.9. The highest BCUT2D eigenvalue weighted by Gasteiger charge is 2.15. The molecule has 9 heteroatoms. The Bertz CT molecular complexity index is 1350. The van der Waals surface area contributed by atoms with Crippen LogP contribution in [0.5, 0.6) is 0 Å². The molecule has 0 fully saturated rings. The number of hydrogen-bond acceptors (Lipinski definition) is 5. The molecule has 6 nitrogen and oxygen atoms in total.